The molecular weight excluding hydrogens is 294 g/mol. The van der Waals surface area contributed by atoms with Crippen LogP contribution in [0.2, 0.25) is 0 Å². The first-order chi connectivity index (χ1) is 9.79. The van der Waals surface area contributed by atoms with Gasteiger partial charge in [-0.2, -0.15) is 9.97 Å². The average Bonchev–Trinajstić information content (AvgIpc) is 3.08. The monoisotopic (exact) mass is 313 g/mol. The van der Waals surface area contributed by atoms with Gasteiger partial charge >= 0.3 is 0 Å². The smallest absolute Gasteiger partial charge is 0.226 e. The van der Waals surface area contributed by atoms with E-state index in [-0.39, 0.29) is 12.4 Å². The number of nitrogens with one attached hydrogen (secondary N) is 1. The van der Waals surface area contributed by atoms with Crippen LogP contribution in [-0.2, 0) is 12.8 Å². The van der Waals surface area contributed by atoms with Crippen LogP contribution in [0.3, 0.4) is 0 Å². The Hall–Kier alpha value is -1.47. The largest absolute Gasteiger partial charge is 0.340 e. The van der Waals surface area contributed by atoms with Crippen molar-refractivity contribution in [3.63, 3.8) is 0 Å². The summed E-state index contributed by atoms with van der Waals surface area (Å²) in [5.74, 6) is 3.24. The van der Waals surface area contributed by atoms with Crippen LogP contribution < -0.4 is 5.32 Å². The van der Waals surface area contributed by atoms with Gasteiger partial charge in [-0.3, -0.25) is 0 Å². The van der Waals surface area contributed by atoms with Gasteiger partial charge in [0.1, 0.15) is 0 Å². The van der Waals surface area contributed by atoms with Crippen LogP contribution >= 0.6 is 12.4 Å². The van der Waals surface area contributed by atoms with Gasteiger partial charge in [0.2, 0.25) is 11.8 Å². The minimum Gasteiger partial charge on any atom is -0.340 e. The lowest BCUT2D eigenvalue weighted by atomic mass is 9.93. The van der Waals surface area contributed by atoms with E-state index in [1.165, 1.54) is 12.8 Å². The standard InChI is InChI=1S/C13H19N5O2.ClH/c1-9-15-11(17-19-9)8-12-16-13(20-18-12)3-2-10-4-6-14-7-5-10;/h10,14H,2-8H2,1H3;1H. The van der Waals surface area contributed by atoms with Crippen LogP contribution in [0, 0.1) is 12.8 Å². The SMILES string of the molecule is Cc1nc(Cc2noc(CCC3CCNCC3)n2)no1.Cl. The third-order valence-corrected chi connectivity index (χ3v) is 3.62. The lowest BCUT2D eigenvalue weighted by Gasteiger charge is -2.21. The third kappa shape index (κ3) is 4.50. The minimum absolute atomic E-state index is 0. The molecule has 1 fully saturated rings. The molecule has 0 aliphatic carbocycles. The molecule has 8 heteroatoms. The molecule has 1 aliphatic heterocycles. The van der Waals surface area contributed by atoms with Crippen LogP contribution in [0.4, 0.5) is 0 Å². The molecule has 21 heavy (non-hydrogen) atoms. The Balaban J connectivity index is 0.00000161. The Morgan fingerprint density at radius 2 is 1.81 bits per heavy atom. The van der Waals surface area contributed by atoms with Gasteiger partial charge in [-0.05, 0) is 38.3 Å². The van der Waals surface area contributed by atoms with E-state index in [0.717, 1.165) is 31.8 Å². The predicted molar refractivity (Wildman–Crippen MR) is 77.3 cm³/mol. The molecule has 0 radical (unpaired) electrons. The van der Waals surface area contributed by atoms with Gasteiger partial charge in [-0.15, -0.1) is 12.4 Å². The van der Waals surface area contributed by atoms with E-state index < -0.39 is 0 Å². The van der Waals surface area contributed by atoms with Gasteiger partial charge < -0.3 is 14.4 Å². The van der Waals surface area contributed by atoms with Gasteiger partial charge in [0, 0.05) is 13.3 Å². The van der Waals surface area contributed by atoms with E-state index in [1.54, 1.807) is 6.92 Å². The van der Waals surface area contributed by atoms with Gasteiger partial charge in [0.25, 0.3) is 0 Å². The summed E-state index contributed by atoms with van der Waals surface area (Å²) in [5.41, 5.74) is 0. The number of hydrogen-bond acceptors (Lipinski definition) is 7. The molecule has 7 nitrogen and oxygen atoms in total. The van der Waals surface area contributed by atoms with Gasteiger partial charge in [-0.1, -0.05) is 10.3 Å². The number of rotatable bonds is 5. The maximum absolute atomic E-state index is 5.27. The number of aromatic nitrogens is 4. The van der Waals surface area contributed by atoms with Crippen molar-refractivity contribution in [2.24, 2.45) is 5.92 Å². The number of nitrogens with zero attached hydrogens (tertiary/aromatic N) is 4. The summed E-state index contributed by atoms with van der Waals surface area (Å²) in [4.78, 5) is 8.51. The van der Waals surface area contributed by atoms with E-state index in [9.17, 15) is 0 Å². The fraction of sp³-hybridized carbons (Fsp3) is 0.692. The van der Waals surface area contributed by atoms with Crippen molar-refractivity contribution >= 4 is 12.4 Å². The highest BCUT2D eigenvalue weighted by atomic mass is 35.5. The molecule has 0 aromatic carbocycles. The highest BCUT2D eigenvalue weighted by Gasteiger charge is 2.15. The number of piperidine rings is 1. The fourth-order valence-electron chi connectivity index (χ4n) is 2.52. The van der Waals surface area contributed by atoms with Crippen molar-refractivity contribution in [3.8, 4) is 0 Å². The molecule has 116 valence electrons. The van der Waals surface area contributed by atoms with Crippen molar-refractivity contribution in [1.82, 2.24) is 25.6 Å². The molecule has 3 rings (SSSR count). The predicted octanol–water partition coefficient (Wildman–Crippen LogP) is 1.71. The summed E-state index contributed by atoms with van der Waals surface area (Å²) in [5, 5.41) is 11.2. The molecule has 0 amide bonds. The summed E-state index contributed by atoms with van der Waals surface area (Å²) in [6, 6.07) is 0. The Labute approximate surface area is 129 Å². The van der Waals surface area contributed by atoms with Gasteiger partial charge in [0.05, 0.1) is 6.42 Å². The molecule has 1 aliphatic rings. The average molecular weight is 314 g/mol. The Morgan fingerprint density at radius 1 is 1.10 bits per heavy atom. The van der Waals surface area contributed by atoms with Gasteiger partial charge in [0.15, 0.2) is 11.6 Å². The number of hydrogen-bond donors (Lipinski definition) is 1. The summed E-state index contributed by atoms with van der Waals surface area (Å²) >= 11 is 0. The molecule has 2 aromatic heterocycles. The molecule has 1 N–H and O–H groups in total. The first kappa shape index (κ1) is 15.9. The first-order valence-electron chi connectivity index (χ1n) is 7.11. The van der Waals surface area contributed by atoms with E-state index in [0.29, 0.717) is 29.9 Å². The molecule has 0 bridgehead atoms. The first-order valence-corrected chi connectivity index (χ1v) is 7.11. The topological polar surface area (TPSA) is 89.9 Å². The highest BCUT2D eigenvalue weighted by molar-refractivity contribution is 5.85. The maximum Gasteiger partial charge on any atom is 0.226 e. The summed E-state index contributed by atoms with van der Waals surface area (Å²) in [6.45, 7) is 4.01. The molecule has 1 saturated heterocycles. The van der Waals surface area contributed by atoms with Crippen molar-refractivity contribution in [2.75, 3.05) is 13.1 Å². The van der Waals surface area contributed by atoms with Crippen molar-refractivity contribution in [1.29, 1.82) is 0 Å². The molecular formula is C13H20ClN5O2. The minimum atomic E-state index is 0. The van der Waals surface area contributed by atoms with Crippen LogP contribution in [0.15, 0.2) is 9.05 Å². The second-order valence-electron chi connectivity index (χ2n) is 5.24. The third-order valence-electron chi connectivity index (χ3n) is 3.62. The molecule has 3 heterocycles. The molecule has 0 atom stereocenters. The van der Waals surface area contributed by atoms with Crippen LogP contribution in [0.1, 0.15) is 42.7 Å². The number of halogens is 1. The van der Waals surface area contributed by atoms with E-state index >= 15 is 0 Å². The van der Waals surface area contributed by atoms with Crippen LogP contribution in [0.5, 0.6) is 0 Å². The summed E-state index contributed by atoms with van der Waals surface area (Å²) < 4.78 is 10.2. The van der Waals surface area contributed by atoms with Crippen molar-refractivity contribution in [2.45, 2.75) is 39.0 Å². The molecule has 2 aromatic rings. The summed E-state index contributed by atoms with van der Waals surface area (Å²) in [7, 11) is 0. The normalized spacial score (nSPS) is 15.9. The lowest BCUT2D eigenvalue weighted by molar-refractivity contribution is 0.323. The van der Waals surface area contributed by atoms with Crippen molar-refractivity contribution in [3.05, 3.63) is 23.4 Å². The van der Waals surface area contributed by atoms with E-state index in [2.05, 4.69) is 25.6 Å². The molecule has 0 unspecified atom stereocenters. The summed E-state index contributed by atoms with van der Waals surface area (Å²) in [6.07, 6.45) is 4.90. The molecule has 0 saturated carbocycles. The Morgan fingerprint density at radius 3 is 2.52 bits per heavy atom. The molecule has 0 spiro atoms. The zero-order valence-electron chi connectivity index (χ0n) is 12.0. The Kier molecular flexibility index (Phi) is 5.69. The fourth-order valence-corrected chi connectivity index (χ4v) is 2.52. The second kappa shape index (κ2) is 7.51. The zero-order valence-corrected chi connectivity index (χ0v) is 12.9. The quantitative estimate of drug-likeness (QED) is 0.898. The van der Waals surface area contributed by atoms with Crippen LogP contribution in [0.25, 0.3) is 0 Å². The Bertz CT molecular complexity index is 550. The zero-order chi connectivity index (χ0) is 13.8. The van der Waals surface area contributed by atoms with Crippen molar-refractivity contribution < 1.29 is 9.05 Å². The maximum atomic E-state index is 5.27. The second-order valence-corrected chi connectivity index (χ2v) is 5.24. The number of aryl methyl sites for hydroxylation is 2. The van der Waals surface area contributed by atoms with E-state index in [4.69, 9.17) is 9.05 Å². The lowest BCUT2D eigenvalue weighted by Crippen LogP contribution is -2.27. The van der Waals surface area contributed by atoms with E-state index in [1.807, 2.05) is 0 Å². The van der Waals surface area contributed by atoms with Crippen LogP contribution in [-0.4, -0.2) is 33.4 Å². The highest BCUT2D eigenvalue weighted by Crippen LogP contribution is 2.18. The van der Waals surface area contributed by atoms with Gasteiger partial charge in [-0.25, -0.2) is 0 Å².